The summed E-state index contributed by atoms with van der Waals surface area (Å²) in [7, 11) is 0. The highest BCUT2D eigenvalue weighted by Crippen LogP contribution is 2.18. The molecular formula is C19H22N2. The molecule has 0 aliphatic rings. The van der Waals surface area contributed by atoms with Crippen LogP contribution in [0.3, 0.4) is 0 Å². The lowest BCUT2D eigenvalue weighted by atomic mass is 10.00. The second kappa shape index (κ2) is 6.56. The average molecular weight is 278 g/mol. The summed E-state index contributed by atoms with van der Waals surface area (Å²) in [6.07, 6.45) is 0. The molecule has 1 N–H and O–H groups in total. The van der Waals surface area contributed by atoms with Crippen molar-refractivity contribution in [2.24, 2.45) is 0 Å². The molecule has 1 atom stereocenters. The molecule has 1 unspecified atom stereocenters. The second-order valence-electron chi connectivity index (χ2n) is 5.70. The second-order valence-corrected chi connectivity index (χ2v) is 5.70. The van der Waals surface area contributed by atoms with E-state index in [1.807, 2.05) is 24.3 Å². The molecule has 2 aromatic rings. The smallest absolute Gasteiger partial charge is 0.0991 e. The Hall–Kier alpha value is -2.11. The first-order valence-electron chi connectivity index (χ1n) is 7.31. The van der Waals surface area contributed by atoms with Crippen LogP contribution in [0.5, 0.6) is 0 Å². The maximum Gasteiger partial charge on any atom is 0.0991 e. The van der Waals surface area contributed by atoms with Gasteiger partial charge in [0.2, 0.25) is 0 Å². The summed E-state index contributed by atoms with van der Waals surface area (Å²) >= 11 is 0. The zero-order chi connectivity index (χ0) is 15.4. The van der Waals surface area contributed by atoms with Crippen LogP contribution >= 0.6 is 0 Å². The zero-order valence-electron chi connectivity index (χ0n) is 13.2. The Morgan fingerprint density at radius 2 is 1.62 bits per heavy atom. The van der Waals surface area contributed by atoms with Crippen LogP contribution < -0.4 is 5.32 Å². The summed E-state index contributed by atoms with van der Waals surface area (Å²) < 4.78 is 0. The molecule has 2 rings (SSSR count). The van der Waals surface area contributed by atoms with Gasteiger partial charge in [-0.1, -0.05) is 24.3 Å². The molecule has 21 heavy (non-hydrogen) atoms. The first kappa shape index (κ1) is 15.3. The summed E-state index contributed by atoms with van der Waals surface area (Å²) in [6, 6.07) is 14.7. The number of nitrogens with one attached hydrogen (secondary N) is 1. The molecule has 0 saturated heterocycles. The first-order chi connectivity index (χ1) is 10.0. The summed E-state index contributed by atoms with van der Waals surface area (Å²) in [4.78, 5) is 0. The van der Waals surface area contributed by atoms with E-state index in [0.29, 0.717) is 5.56 Å². The fraction of sp³-hybridized carbons (Fsp3) is 0.316. The lowest BCUT2D eigenvalue weighted by Gasteiger charge is -2.16. The lowest BCUT2D eigenvalue weighted by Crippen LogP contribution is -2.18. The fourth-order valence-electron chi connectivity index (χ4n) is 2.44. The SMILES string of the molecule is Cc1cc(C)c(CNC(C)c2ccc(C#N)cc2)cc1C. The van der Waals surface area contributed by atoms with Crippen molar-refractivity contribution in [3.8, 4) is 6.07 Å². The minimum absolute atomic E-state index is 0.263. The van der Waals surface area contributed by atoms with Crippen LogP contribution in [0.15, 0.2) is 36.4 Å². The molecule has 0 aliphatic carbocycles. The predicted molar refractivity (Wildman–Crippen MR) is 87.1 cm³/mol. The van der Waals surface area contributed by atoms with Gasteiger partial charge in [0.25, 0.3) is 0 Å². The number of hydrogen-bond donors (Lipinski definition) is 1. The standard InChI is InChI=1S/C19H22N2/c1-13-9-15(3)19(10-14(13)2)12-21-16(4)18-7-5-17(11-20)6-8-18/h5-10,16,21H,12H2,1-4H3. The Morgan fingerprint density at radius 3 is 2.24 bits per heavy atom. The van der Waals surface area contributed by atoms with E-state index in [1.165, 1.54) is 27.8 Å². The molecule has 0 bridgehead atoms. The molecule has 0 radical (unpaired) electrons. The highest BCUT2D eigenvalue weighted by Gasteiger charge is 2.07. The Kier molecular flexibility index (Phi) is 4.77. The van der Waals surface area contributed by atoms with E-state index >= 15 is 0 Å². The number of hydrogen-bond acceptors (Lipinski definition) is 2. The third kappa shape index (κ3) is 3.71. The molecule has 2 nitrogen and oxygen atoms in total. The van der Waals surface area contributed by atoms with Crippen molar-refractivity contribution in [3.05, 3.63) is 69.8 Å². The van der Waals surface area contributed by atoms with Crippen LogP contribution in [-0.2, 0) is 6.54 Å². The van der Waals surface area contributed by atoms with Crippen molar-refractivity contribution in [3.63, 3.8) is 0 Å². The van der Waals surface area contributed by atoms with Crippen LogP contribution in [0.2, 0.25) is 0 Å². The molecule has 0 saturated carbocycles. The van der Waals surface area contributed by atoms with Gasteiger partial charge in [0.15, 0.2) is 0 Å². The van der Waals surface area contributed by atoms with Gasteiger partial charge in [0.1, 0.15) is 0 Å². The third-order valence-corrected chi connectivity index (χ3v) is 4.09. The van der Waals surface area contributed by atoms with Crippen LogP contribution in [-0.4, -0.2) is 0 Å². The Morgan fingerprint density at radius 1 is 1.00 bits per heavy atom. The van der Waals surface area contributed by atoms with E-state index in [1.54, 1.807) is 0 Å². The van der Waals surface area contributed by atoms with Gasteiger partial charge in [-0.2, -0.15) is 5.26 Å². The summed E-state index contributed by atoms with van der Waals surface area (Å²) in [5, 5.41) is 12.4. The highest BCUT2D eigenvalue weighted by molar-refractivity contribution is 5.37. The van der Waals surface area contributed by atoms with Crippen molar-refractivity contribution < 1.29 is 0 Å². The quantitative estimate of drug-likeness (QED) is 0.903. The number of nitrogens with zero attached hydrogens (tertiary/aromatic N) is 1. The van der Waals surface area contributed by atoms with E-state index in [0.717, 1.165) is 6.54 Å². The molecule has 2 heteroatoms. The minimum Gasteiger partial charge on any atom is -0.306 e. The number of aryl methyl sites for hydroxylation is 3. The molecule has 0 heterocycles. The van der Waals surface area contributed by atoms with Crippen molar-refractivity contribution in [1.29, 1.82) is 5.26 Å². The van der Waals surface area contributed by atoms with Crippen molar-refractivity contribution in [2.45, 2.75) is 40.3 Å². The molecule has 0 amide bonds. The van der Waals surface area contributed by atoms with Crippen LogP contribution in [0, 0.1) is 32.1 Å². The maximum atomic E-state index is 8.83. The van der Waals surface area contributed by atoms with Gasteiger partial charge >= 0.3 is 0 Å². The zero-order valence-corrected chi connectivity index (χ0v) is 13.2. The van der Waals surface area contributed by atoms with Gasteiger partial charge in [0, 0.05) is 12.6 Å². The monoisotopic (exact) mass is 278 g/mol. The van der Waals surface area contributed by atoms with Gasteiger partial charge in [-0.15, -0.1) is 0 Å². The van der Waals surface area contributed by atoms with E-state index in [4.69, 9.17) is 5.26 Å². The fourth-order valence-corrected chi connectivity index (χ4v) is 2.44. The number of rotatable bonds is 4. The highest BCUT2D eigenvalue weighted by atomic mass is 14.9. The Bertz CT molecular complexity index is 663. The van der Waals surface area contributed by atoms with Crippen LogP contribution in [0.4, 0.5) is 0 Å². The molecule has 0 aromatic heterocycles. The van der Waals surface area contributed by atoms with Gasteiger partial charge in [-0.3, -0.25) is 0 Å². The molecule has 108 valence electrons. The topological polar surface area (TPSA) is 35.8 Å². The summed E-state index contributed by atoms with van der Waals surface area (Å²) in [6.45, 7) is 9.48. The molecule has 0 spiro atoms. The van der Waals surface area contributed by atoms with Gasteiger partial charge in [0.05, 0.1) is 11.6 Å². The van der Waals surface area contributed by atoms with E-state index in [-0.39, 0.29) is 6.04 Å². The van der Waals surface area contributed by atoms with Crippen molar-refractivity contribution in [2.75, 3.05) is 0 Å². The Balaban J connectivity index is 2.05. The van der Waals surface area contributed by atoms with Gasteiger partial charge in [-0.05, 0) is 67.6 Å². The van der Waals surface area contributed by atoms with Crippen LogP contribution in [0.1, 0.15) is 46.3 Å². The molecular weight excluding hydrogens is 256 g/mol. The summed E-state index contributed by atoms with van der Waals surface area (Å²) in [5.74, 6) is 0. The number of benzene rings is 2. The van der Waals surface area contributed by atoms with E-state index in [9.17, 15) is 0 Å². The van der Waals surface area contributed by atoms with E-state index in [2.05, 4.69) is 51.2 Å². The Labute approximate surface area is 127 Å². The summed E-state index contributed by atoms with van der Waals surface area (Å²) in [5.41, 5.74) is 7.27. The molecule has 0 fully saturated rings. The lowest BCUT2D eigenvalue weighted by molar-refractivity contribution is 0.573. The third-order valence-electron chi connectivity index (χ3n) is 4.09. The van der Waals surface area contributed by atoms with Crippen molar-refractivity contribution >= 4 is 0 Å². The molecule has 0 aliphatic heterocycles. The van der Waals surface area contributed by atoms with Gasteiger partial charge < -0.3 is 5.32 Å². The predicted octanol–water partition coefficient (Wildman–Crippen LogP) is 4.33. The average Bonchev–Trinajstić information content (AvgIpc) is 2.49. The van der Waals surface area contributed by atoms with Gasteiger partial charge in [-0.25, -0.2) is 0 Å². The van der Waals surface area contributed by atoms with Crippen LogP contribution in [0.25, 0.3) is 0 Å². The van der Waals surface area contributed by atoms with Crippen molar-refractivity contribution in [1.82, 2.24) is 5.32 Å². The minimum atomic E-state index is 0.263. The van der Waals surface area contributed by atoms with E-state index < -0.39 is 0 Å². The largest absolute Gasteiger partial charge is 0.306 e. The normalized spacial score (nSPS) is 12.0. The number of nitriles is 1. The first-order valence-corrected chi connectivity index (χ1v) is 7.31. The molecule has 2 aromatic carbocycles. The maximum absolute atomic E-state index is 8.83.